The molecule has 2 aromatic rings. The predicted molar refractivity (Wildman–Crippen MR) is 93.0 cm³/mol. The fourth-order valence-corrected chi connectivity index (χ4v) is 4.94. The topological polar surface area (TPSA) is 68.7 Å². The molecule has 0 spiro atoms. The maximum Gasteiger partial charge on any atom is 0.231 e. The Bertz CT molecular complexity index is 817. The van der Waals surface area contributed by atoms with Crippen molar-refractivity contribution >= 4 is 21.4 Å². The molecule has 2 heterocycles. The second-order valence-electron chi connectivity index (χ2n) is 5.54. The Hall–Kier alpha value is -1.64. The summed E-state index contributed by atoms with van der Waals surface area (Å²) in [6, 6.07) is 5.53. The van der Waals surface area contributed by atoms with Crippen molar-refractivity contribution in [3.05, 3.63) is 39.8 Å². The monoisotopic (exact) mass is 368 g/mol. The summed E-state index contributed by atoms with van der Waals surface area (Å²) in [5.41, 5.74) is 3.55. The van der Waals surface area contributed by atoms with Crippen LogP contribution in [0.15, 0.2) is 23.7 Å². The van der Waals surface area contributed by atoms with E-state index in [4.69, 9.17) is 9.47 Å². The molecule has 0 atom stereocenters. The number of hydrogen-bond acceptors (Lipinski definition) is 6. The van der Waals surface area contributed by atoms with E-state index in [2.05, 4.69) is 4.98 Å². The molecule has 3 rings (SSSR count). The summed E-state index contributed by atoms with van der Waals surface area (Å²) in [6.07, 6.45) is 0.497. The zero-order valence-corrected chi connectivity index (χ0v) is 15.3. The van der Waals surface area contributed by atoms with Gasteiger partial charge < -0.3 is 9.47 Å². The number of hydrogen-bond donors (Lipinski definition) is 0. The van der Waals surface area contributed by atoms with Crippen LogP contribution in [0.4, 0.5) is 0 Å². The number of aryl methyl sites for hydroxylation is 2. The second kappa shape index (κ2) is 7.08. The summed E-state index contributed by atoms with van der Waals surface area (Å²) in [6.45, 7) is 4.73. The number of nitrogens with zero attached hydrogens (tertiary/aromatic N) is 2. The van der Waals surface area contributed by atoms with Crippen LogP contribution in [0.3, 0.4) is 0 Å². The first-order valence-corrected chi connectivity index (χ1v) is 10.2. The smallest absolute Gasteiger partial charge is 0.231 e. The largest absolute Gasteiger partial charge is 0.454 e. The highest BCUT2D eigenvalue weighted by atomic mass is 32.2. The van der Waals surface area contributed by atoms with Gasteiger partial charge in [0, 0.05) is 18.0 Å². The summed E-state index contributed by atoms with van der Waals surface area (Å²) < 4.78 is 37.5. The highest BCUT2D eigenvalue weighted by Crippen LogP contribution is 2.33. The Morgan fingerprint density at radius 1 is 1.29 bits per heavy atom. The Labute approximate surface area is 146 Å². The van der Waals surface area contributed by atoms with Crippen molar-refractivity contribution in [1.82, 2.24) is 9.29 Å². The van der Waals surface area contributed by atoms with Crippen LogP contribution in [-0.4, -0.2) is 36.8 Å². The van der Waals surface area contributed by atoms with Gasteiger partial charge in [-0.1, -0.05) is 13.0 Å². The van der Waals surface area contributed by atoms with Crippen LogP contribution < -0.4 is 9.47 Å². The molecule has 0 fully saturated rings. The van der Waals surface area contributed by atoms with Gasteiger partial charge in [0.1, 0.15) is 0 Å². The third-order valence-corrected chi connectivity index (χ3v) is 6.86. The third kappa shape index (κ3) is 3.71. The Balaban J connectivity index is 1.69. The van der Waals surface area contributed by atoms with Gasteiger partial charge in [0.25, 0.3) is 0 Å². The molecule has 0 N–H and O–H groups in total. The van der Waals surface area contributed by atoms with Gasteiger partial charge in [-0.2, -0.15) is 4.31 Å². The minimum Gasteiger partial charge on any atom is -0.454 e. The van der Waals surface area contributed by atoms with Crippen LogP contribution in [0.5, 0.6) is 11.5 Å². The summed E-state index contributed by atoms with van der Waals surface area (Å²) in [7, 11) is -3.34. The molecule has 0 amide bonds. The first-order valence-electron chi connectivity index (χ1n) is 7.75. The number of fused-ring (bicyclic) bond motifs is 1. The van der Waals surface area contributed by atoms with Crippen LogP contribution >= 0.6 is 11.3 Å². The van der Waals surface area contributed by atoms with Gasteiger partial charge in [0.15, 0.2) is 11.5 Å². The molecule has 0 unspecified atom stereocenters. The molecule has 0 saturated carbocycles. The lowest BCUT2D eigenvalue weighted by molar-refractivity contribution is 0.174. The van der Waals surface area contributed by atoms with Crippen molar-refractivity contribution in [2.24, 2.45) is 0 Å². The summed E-state index contributed by atoms with van der Waals surface area (Å²) in [4.78, 5) is 5.19. The molecule has 6 nitrogen and oxygen atoms in total. The molecular weight excluding hydrogens is 348 g/mol. The third-order valence-electron chi connectivity index (χ3n) is 3.97. The van der Waals surface area contributed by atoms with Gasteiger partial charge in [-0.3, -0.25) is 0 Å². The Morgan fingerprint density at radius 2 is 2.08 bits per heavy atom. The summed E-state index contributed by atoms with van der Waals surface area (Å²) in [5.74, 6) is 1.46. The maximum absolute atomic E-state index is 12.7. The minimum atomic E-state index is -3.34. The molecule has 1 aromatic carbocycles. The molecule has 8 heteroatoms. The lowest BCUT2D eigenvalue weighted by Gasteiger charge is -2.20. The van der Waals surface area contributed by atoms with Crippen molar-refractivity contribution in [3.63, 3.8) is 0 Å². The molecule has 0 radical (unpaired) electrons. The lowest BCUT2D eigenvalue weighted by Crippen LogP contribution is -2.33. The van der Waals surface area contributed by atoms with E-state index in [1.807, 2.05) is 32.0 Å². The van der Waals surface area contributed by atoms with E-state index in [0.29, 0.717) is 31.0 Å². The van der Waals surface area contributed by atoms with Crippen LogP contribution in [0.1, 0.15) is 23.1 Å². The second-order valence-corrected chi connectivity index (χ2v) is 8.57. The fraction of sp³-hybridized carbons (Fsp3) is 0.438. The van der Waals surface area contributed by atoms with Gasteiger partial charge in [-0.15, -0.1) is 11.3 Å². The number of aromatic nitrogens is 1. The molecule has 0 saturated heterocycles. The summed E-state index contributed by atoms with van der Waals surface area (Å²) in [5, 5.41) is 0. The fourth-order valence-electron chi connectivity index (χ4n) is 2.57. The first kappa shape index (κ1) is 17.2. The van der Waals surface area contributed by atoms with E-state index >= 15 is 0 Å². The average Bonchev–Trinajstić information content (AvgIpc) is 3.18. The van der Waals surface area contributed by atoms with Gasteiger partial charge in [0.2, 0.25) is 16.8 Å². The van der Waals surface area contributed by atoms with E-state index in [0.717, 1.165) is 16.1 Å². The van der Waals surface area contributed by atoms with Crippen LogP contribution in [0.25, 0.3) is 0 Å². The quantitative estimate of drug-likeness (QED) is 0.751. The normalized spacial score (nSPS) is 13.6. The molecule has 1 aromatic heterocycles. The number of rotatable bonds is 7. The van der Waals surface area contributed by atoms with Crippen molar-refractivity contribution in [3.8, 4) is 11.5 Å². The Morgan fingerprint density at radius 3 is 2.79 bits per heavy atom. The molecule has 0 bridgehead atoms. The van der Waals surface area contributed by atoms with E-state index in [9.17, 15) is 8.42 Å². The van der Waals surface area contributed by atoms with Crippen molar-refractivity contribution in [1.29, 1.82) is 0 Å². The Kier molecular flexibility index (Phi) is 5.07. The zero-order chi connectivity index (χ0) is 17.2. The number of benzene rings is 1. The van der Waals surface area contributed by atoms with Crippen molar-refractivity contribution in [2.45, 2.75) is 26.8 Å². The molecule has 1 aliphatic rings. The van der Waals surface area contributed by atoms with Crippen molar-refractivity contribution < 1.29 is 17.9 Å². The van der Waals surface area contributed by atoms with E-state index < -0.39 is 10.0 Å². The minimum absolute atomic E-state index is 0.0917. The SMILES string of the molecule is CCN(Cc1ccc2c(c1)OCO2)S(=O)(=O)CCc1scnc1C. The van der Waals surface area contributed by atoms with Crippen LogP contribution in [0, 0.1) is 6.92 Å². The van der Waals surface area contributed by atoms with E-state index in [1.165, 1.54) is 15.6 Å². The number of thiazole rings is 1. The highest BCUT2D eigenvalue weighted by Gasteiger charge is 2.22. The van der Waals surface area contributed by atoms with E-state index in [-0.39, 0.29) is 12.5 Å². The van der Waals surface area contributed by atoms with Crippen molar-refractivity contribution in [2.75, 3.05) is 19.1 Å². The van der Waals surface area contributed by atoms with Gasteiger partial charge >= 0.3 is 0 Å². The molecular formula is C16H20N2O4S2. The maximum atomic E-state index is 12.7. The lowest BCUT2D eigenvalue weighted by atomic mass is 10.2. The molecule has 1 aliphatic heterocycles. The van der Waals surface area contributed by atoms with Crippen LogP contribution in [-0.2, 0) is 23.0 Å². The first-order chi connectivity index (χ1) is 11.5. The average molecular weight is 368 g/mol. The number of sulfonamides is 1. The van der Waals surface area contributed by atoms with Gasteiger partial charge in [-0.25, -0.2) is 13.4 Å². The predicted octanol–water partition coefficient (Wildman–Crippen LogP) is 2.57. The number of ether oxygens (including phenoxy) is 2. The highest BCUT2D eigenvalue weighted by molar-refractivity contribution is 7.89. The molecule has 0 aliphatic carbocycles. The van der Waals surface area contributed by atoms with E-state index in [1.54, 1.807) is 5.51 Å². The standard InChI is InChI=1S/C16H20N2O4S2/c1-3-18(9-13-4-5-14-15(8-13)22-11-21-14)24(19,20)7-6-16-12(2)17-10-23-16/h4-5,8,10H,3,6-7,9,11H2,1-2H3. The van der Waals surface area contributed by atoms with Crippen LogP contribution in [0.2, 0.25) is 0 Å². The molecule has 130 valence electrons. The zero-order valence-electron chi connectivity index (χ0n) is 13.7. The summed E-state index contributed by atoms with van der Waals surface area (Å²) >= 11 is 1.50. The van der Waals surface area contributed by atoms with Gasteiger partial charge in [-0.05, 0) is 31.0 Å². The van der Waals surface area contributed by atoms with Gasteiger partial charge in [0.05, 0.1) is 17.0 Å². The molecule has 24 heavy (non-hydrogen) atoms.